The van der Waals surface area contributed by atoms with Crippen molar-refractivity contribution in [3.05, 3.63) is 18.2 Å². The molecular weight excluding hydrogens is 296 g/mol. The lowest BCUT2D eigenvalue weighted by atomic mass is 10.2. The van der Waals surface area contributed by atoms with Gasteiger partial charge in [-0.1, -0.05) is 13.8 Å². The molecule has 0 fully saturated rings. The molecule has 0 aromatic carbocycles. The van der Waals surface area contributed by atoms with Gasteiger partial charge in [0.05, 0.1) is 13.1 Å². The Morgan fingerprint density at radius 2 is 2.09 bits per heavy atom. The van der Waals surface area contributed by atoms with Crippen LogP contribution >= 0.6 is 0 Å². The van der Waals surface area contributed by atoms with Gasteiger partial charge in [0, 0.05) is 18.9 Å². The zero-order valence-electron chi connectivity index (χ0n) is 12.8. The van der Waals surface area contributed by atoms with Crippen LogP contribution in [0.2, 0.25) is 0 Å². The summed E-state index contributed by atoms with van der Waals surface area (Å²) in [6.45, 7) is 1.60. The van der Waals surface area contributed by atoms with Crippen LogP contribution in [-0.4, -0.2) is 46.5 Å². The standard InChI is InChI=1S/C13H21F2N5O2/c1-9(2)6-17-13(22)18-11(21)8-19(3)7-10-16-4-5-20(10)12(14)15/h4-5,9,12H,6-8H2,1-3H3,(H2,17,18,21,22). The minimum atomic E-state index is -2.68. The number of imidazole rings is 1. The molecule has 0 aliphatic rings. The lowest BCUT2D eigenvalue weighted by molar-refractivity contribution is -0.121. The number of likely N-dealkylation sites (N-methyl/N-ethyl adjacent to an activating group) is 1. The van der Waals surface area contributed by atoms with Gasteiger partial charge in [-0.15, -0.1) is 0 Å². The van der Waals surface area contributed by atoms with Gasteiger partial charge < -0.3 is 5.32 Å². The Hall–Kier alpha value is -2.03. The number of amides is 3. The molecule has 0 spiro atoms. The van der Waals surface area contributed by atoms with Crippen molar-refractivity contribution in [1.29, 1.82) is 0 Å². The molecule has 0 aliphatic heterocycles. The number of carbonyl (C=O) groups excluding carboxylic acids is 2. The average Bonchev–Trinajstić information content (AvgIpc) is 2.84. The SMILES string of the molecule is CC(C)CNC(=O)NC(=O)CN(C)Cc1nccn1C(F)F. The summed E-state index contributed by atoms with van der Waals surface area (Å²) in [6.07, 6.45) is 2.45. The maximum Gasteiger partial charge on any atom is 0.321 e. The molecule has 9 heteroatoms. The highest BCUT2D eigenvalue weighted by Gasteiger charge is 2.15. The van der Waals surface area contributed by atoms with Gasteiger partial charge in [-0.25, -0.2) is 9.78 Å². The fourth-order valence-electron chi connectivity index (χ4n) is 1.69. The number of nitrogens with one attached hydrogen (secondary N) is 2. The number of urea groups is 1. The van der Waals surface area contributed by atoms with E-state index in [9.17, 15) is 18.4 Å². The van der Waals surface area contributed by atoms with Crippen LogP contribution in [0.4, 0.5) is 13.6 Å². The highest BCUT2D eigenvalue weighted by atomic mass is 19.3. The zero-order valence-corrected chi connectivity index (χ0v) is 12.8. The molecule has 0 saturated carbocycles. The van der Waals surface area contributed by atoms with Crippen LogP contribution in [0.3, 0.4) is 0 Å². The molecule has 0 unspecified atom stereocenters. The smallest absolute Gasteiger partial charge is 0.321 e. The van der Waals surface area contributed by atoms with E-state index in [2.05, 4.69) is 15.6 Å². The Bertz CT molecular complexity index is 504. The Kier molecular flexibility index (Phi) is 6.90. The van der Waals surface area contributed by atoms with E-state index in [1.807, 2.05) is 13.8 Å². The van der Waals surface area contributed by atoms with Crippen LogP contribution < -0.4 is 10.6 Å². The summed E-state index contributed by atoms with van der Waals surface area (Å²) in [7, 11) is 1.58. The lowest BCUT2D eigenvalue weighted by Gasteiger charge is -2.16. The van der Waals surface area contributed by atoms with E-state index in [4.69, 9.17) is 0 Å². The monoisotopic (exact) mass is 317 g/mol. The minimum Gasteiger partial charge on any atom is -0.338 e. The van der Waals surface area contributed by atoms with E-state index in [0.717, 1.165) is 4.57 Å². The predicted octanol–water partition coefficient (Wildman–Crippen LogP) is 1.19. The maximum atomic E-state index is 12.7. The second-order valence-corrected chi connectivity index (χ2v) is 5.35. The number of halogens is 2. The van der Waals surface area contributed by atoms with Crippen molar-refractivity contribution in [3.8, 4) is 0 Å². The molecule has 0 atom stereocenters. The number of rotatable bonds is 7. The molecule has 7 nitrogen and oxygen atoms in total. The van der Waals surface area contributed by atoms with E-state index in [1.54, 1.807) is 7.05 Å². The Balaban J connectivity index is 2.41. The molecule has 3 amide bonds. The lowest BCUT2D eigenvalue weighted by Crippen LogP contribution is -2.44. The van der Waals surface area contributed by atoms with E-state index in [-0.39, 0.29) is 24.8 Å². The van der Waals surface area contributed by atoms with Crippen LogP contribution in [0.15, 0.2) is 12.4 Å². The van der Waals surface area contributed by atoms with Gasteiger partial charge >= 0.3 is 12.6 Å². The summed E-state index contributed by atoms with van der Waals surface area (Å²) in [4.78, 5) is 28.4. The summed E-state index contributed by atoms with van der Waals surface area (Å²) in [6, 6.07) is -0.568. The largest absolute Gasteiger partial charge is 0.338 e. The van der Waals surface area contributed by atoms with Crippen LogP contribution in [0.1, 0.15) is 26.2 Å². The summed E-state index contributed by atoms with van der Waals surface area (Å²) < 4.78 is 26.1. The Morgan fingerprint density at radius 1 is 1.41 bits per heavy atom. The van der Waals surface area contributed by atoms with Crippen molar-refractivity contribution in [2.24, 2.45) is 5.92 Å². The molecule has 0 radical (unpaired) electrons. The van der Waals surface area contributed by atoms with Crippen molar-refractivity contribution in [1.82, 2.24) is 25.1 Å². The molecule has 1 heterocycles. The fourth-order valence-corrected chi connectivity index (χ4v) is 1.69. The van der Waals surface area contributed by atoms with Crippen LogP contribution in [0.25, 0.3) is 0 Å². The van der Waals surface area contributed by atoms with Gasteiger partial charge in [-0.3, -0.25) is 19.6 Å². The first-order chi connectivity index (χ1) is 10.3. The van der Waals surface area contributed by atoms with Crippen molar-refractivity contribution in [3.63, 3.8) is 0 Å². The number of aromatic nitrogens is 2. The fraction of sp³-hybridized carbons (Fsp3) is 0.615. The highest BCUT2D eigenvalue weighted by molar-refractivity contribution is 5.95. The molecule has 0 bridgehead atoms. The van der Waals surface area contributed by atoms with Crippen molar-refractivity contribution >= 4 is 11.9 Å². The molecule has 1 rings (SSSR count). The highest BCUT2D eigenvalue weighted by Crippen LogP contribution is 2.13. The van der Waals surface area contributed by atoms with Crippen LogP contribution in [-0.2, 0) is 11.3 Å². The Morgan fingerprint density at radius 3 is 2.68 bits per heavy atom. The van der Waals surface area contributed by atoms with Gasteiger partial charge in [0.15, 0.2) is 0 Å². The first kappa shape index (κ1) is 18.0. The zero-order chi connectivity index (χ0) is 16.7. The second kappa shape index (κ2) is 8.42. The van der Waals surface area contributed by atoms with Gasteiger partial charge in [-0.05, 0) is 13.0 Å². The Labute approximate surface area is 127 Å². The first-order valence-electron chi connectivity index (χ1n) is 6.85. The van der Waals surface area contributed by atoms with Crippen molar-refractivity contribution in [2.45, 2.75) is 26.9 Å². The average molecular weight is 317 g/mol. The third kappa shape index (κ3) is 6.17. The van der Waals surface area contributed by atoms with Gasteiger partial charge in [0.25, 0.3) is 0 Å². The topological polar surface area (TPSA) is 79.3 Å². The summed E-state index contributed by atoms with van der Waals surface area (Å²) in [5, 5.41) is 4.73. The van der Waals surface area contributed by atoms with Gasteiger partial charge in [0.1, 0.15) is 5.82 Å². The molecule has 124 valence electrons. The van der Waals surface area contributed by atoms with Crippen molar-refractivity contribution in [2.75, 3.05) is 20.1 Å². The molecule has 1 aromatic heterocycles. The number of nitrogens with zero attached hydrogens (tertiary/aromatic N) is 3. The first-order valence-corrected chi connectivity index (χ1v) is 6.85. The molecule has 0 aliphatic carbocycles. The van der Waals surface area contributed by atoms with E-state index in [1.165, 1.54) is 17.3 Å². The molecule has 2 N–H and O–H groups in total. The van der Waals surface area contributed by atoms with Gasteiger partial charge in [-0.2, -0.15) is 8.78 Å². The summed E-state index contributed by atoms with van der Waals surface area (Å²) in [5.41, 5.74) is 0. The van der Waals surface area contributed by atoms with Crippen LogP contribution in [0.5, 0.6) is 0 Å². The van der Waals surface area contributed by atoms with Gasteiger partial charge in [0.2, 0.25) is 5.91 Å². The third-order valence-electron chi connectivity index (χ3n) is 2.71. The quantitative estimate of drug-likeness (QED) is 0.792. The number of hydrogen-bond donors (Lipinski definition) is 2. The van der Waals surface area contributed by atoms with Crippen LogP contribution in [0, 0.1) is 5.92 Å². The predicted molar refractivity (Wildman–Crippen MR) is 76.2 cm³/mol. The minimum absolute atomic E-state index is 0.0678. The number of alkyl halides is 2. The van der Waals surface area contributed by atoms with E-state index >= 15 is 0 Å². The maximum absolute atomic E-state index is 12.7. The molecule has 22 heavy (non-hydrogen) atoms. The van der Waals surface area contributed by atoms with Crippen molar-refractivity contribution < 1.29 is 18.4 Å². The second-order valence-electron chi connectivity index (χ2n) is 5.35. The summed E-state index contributed by atoms with van der Waals surface area (Å²) in [5.74, 6) is -0.0924. The van der Waals surface area contributed by atoms with E-state index < -0.39 is 18.5 Å². The third-order valence-corrected chi connectivity index (χ3v) is 2.71. The number of imide groups is 1. The molecular formula is C13H21F2N5O2. The number of carbonyl (C=O) groups is 2. The normalized spacial score (nSPS) is 11.3. The number of hydrogen-bond acceptors (Lipinski definition) is 4. The van der Waals surface area contributed by atoms with E-state index in [0.29, 0.717) is 6.54 Å². The molecule has 0 saturated heterocycles. The summed E-state index contributed by atoms with van der Waals surface area (Å²) >= 11 is 0. The molecule has 1 aromatic rings.